The van der Waals surface area contributed by atoms with Crippen LogP contribution in [0.5, 0.6) is 0 Å². The molecule has 19 heavy (non-hydrogen) atoms. The molecule has 1 aliphatic heterocycles. The predicted molar refractivity (Wildman–Crippen MR) is 75.9 cm³/mol. The molecule has 2 aliphatic rings. The van der Waals surface area contributed by atoms with E-state index in [1.807, 2.05) is 0 Å². The zero-order valence-electron chi connectivity index (χ0n) is 11.4. The third kappa shape index (κ3) is 3.64. The third-order valence-corrected chi connectivity index (χ3v) is 4.13. The normalized spacial score (nSPS) is 21.5. The molecule has 1 aromatic carbocycles. The van der Waals surface area contributed by atoms with Crippen LogP contribution in [0.1, 0.15) is 18.4 Å². The highest BCUT2D eigenvalue weighted by atomic mass is 16.1. The third-order valence-electron chi connectivity index (χ3n) is 4.13. The fourth-order valence-electron chi connectivity index (χ4n) is 2.70. The molecule has 0 radical (unpaired) electrons. The molecule has 1 heterocycles. The Morgan fingerprint density at radius 1 is 1.00 bits per heavy atom. The summed E-state index contributed by atoms with van der Waals surface area (Å²) in [6, 6.07) is 10.6. The van der Waals surface area contributed by atoms with Gasteiger partial charge >= 0.3 is 0 Å². The molecule has 102 valence electrons. The summed E-state index contributed by atoms with van der Waals surface area (Å²) in [5.41, 5.74) is 1.38. The van der Waals surface area contributed by atoms with E-state index in [1.165, 1.54) is 5.56 Å². The Bertz CT molecular complexity index is 420. The minimum absolute atomic E-state index is 0.405. The van der Waals surface area contributed by atoms with Gasteiger partial charge in [-0.1, -0.05) is 30.3 Å². The fourth-order valence-corrected chi connectivity index (χ4v) is 2.70. The molecule has 1 aromatic rings. The van der Waals surface area contributed by atoms with Crippen LogP contribution in [0.4, 0.5) is 0 Å². The van der Waals surface area contributed by atoms with Crippen LogP contribution in [0.3, 0.4) is 0 Å². The molecular formula is C16H22N2O. The van der Waals surface area contributed by atoms with Gasteiger partial charge in [-0.15, -0.1) is 0 Å². The molecule has 0 bridgehead atoms. The van der Waals surface area contributed by atoms with Crippen molar-refractivity contribution in [2.45, 2.75) is 19.4 Å². The van der Waals surface area contributed by atoms with E-state index in [9.17, 15) is 4.79 Å². The topological polar surface area (TPSA) is 23.6 Å². The van der Waals surface area contributed by atoms with E-state index in [0.29, 0.717) is 18.2 Å². The SMILES string of the molecule is O=C(CN1CCN(Cc2ccccc2)CC1)C1CC1. The zero-order valence-corrected chi connectivity index (χ0v) is 11.4. The highest BCUT2D eigenvalue weighted by Gasteiger charge is 2.31. The number of carbonyl (C=O) groups excluding carboxylic acids is 1. The minimum Gasteiger partial charge on any atom is -0.298 e. The Hall–Kier alpha value is -1.19. The fraction of sp³-hybridized carbons (Fsp3) is 0.562. The monoisotopic (exact) mass is 258 g/mol. The summed E-state index contributed by atoms with van der Waals surface area (Å²) in [4.78, 5) is 16.6. The maximum absolute atomic E-state index is 11.8. The largest absolute Gasteiger partial charge is 0.298 e. The summed E-state index contributed by atoms with van der Waals surface area (Å²) >= 11 is 0. The Labute approximate surface area is 115 Å². The van der Waals surface area contributed by atoms with Crippen LogP contribution in [0, 0.1) is 5.92 Å². The van der Waals surface area contributed by atoms with Gasteiger partial charge in [-0.25, -0.2) is 0 Å². The summed E-state index contributed by atoms with van der Waals surface area (Å²) in [5, 5.41) is 0. The molecule has 0 unspecified atom stereocenters. The number of carbonyl (C=O) groups is 1. The van der Waals surface area contributed by atoms with Gasteiger partial charge in [0.05, 0.1) is 6.54 Å². The summed E-state index contributed by atoms with van der Waals surface area (Å²) in [6.45, 7) is 5.94. The number of nitrogens with zero attached hydrogens (tertiary/aromatic N) is 2. The average Bonchev–Trinajstić information content (AvgIpc) is 3.27. The highest BCUT2D eigenvalue weighted by molar-refractivity contribution is 5.84. The molecule has 1 aliphatic carbocycles. The maximum Gasteiger partial charge on any atom is 0.149 e. The second-order valence-corrected chi connectivity index (χ2v) is 5.78. The van der Waals surface area contributed by atoms with Crippen LogP contribution in [0.25, 0.3) is 0 Å². The van der Waals surface area contributed by atoms with Crippen LogP contribution in [-0.2, 0) is 11.3 Å². The Balaban J connectivity index is 1.43. The van der Waals surface area contributed by atoms with E-state index < -0.39 is 0 Å². The minimum atomic E-state index is 0.405. The van der Waals surface area contributed by atoms with Gasteiger partial charge in [-0.2, -0.15) is 0 Å². The van der Waals surface area contributed by atoms with E-state index in [1.54, 1.807) is 0 Å². The number of benzene rings is 1. The van der Waals surface area contributed by atoms with Crippen LogP contribution in [-0.4, -0.2) is 48.3 Å². The second kappa shape index (κ2) is 5.85. The molecular weight excluding hydrogens is 236 g/mol. The number of ketones is 1. The predicted octanol–water partition coefficient (Wildman–Crippen LogP) is 1.78. The first-order chi connectivity index (χ1) is 9.31. The molecule has 0 spiro atoms. The summed E-state index contributed by atoms with van der Waals surface area (Å²) < 4.78 is 0. The van der Waals surface area contributed by atoms with E-state index >= 15 is 0 Å². The first kappa shape index (κ1) is 12.8. The molecule has 1 saturated heterocycles. The van der Waals surface area contributed by atoms with Gasteiger partial charge < -0.3 is 0 Å². The molecule has 0 atom stereocenters. The lowest BCUT2D eigenvalue weighted by Gasteiger charge is -2.34. The Morgan fingerprint density at radius 3 is 2.26 bits per heavy atom. The highest BCUT2D eigenvalue weighted by Crippen LogP contribution is 2.30. The molecule has 0 aromatic heterocycles. The van der Waals surface area contributed by atoms with Gasteiger partial charge in [0.25, 0.3) is 0 Å². The molecule has 3 rings (SSSR count). The summed E-state index contributed by atoms with van der Waals surface area (Å²) in [5.74, 6) is 0.874. The van der Waals surface area contributed by atoms with Crippen molar-refractivity contribution in [2.75, 3.05) is 32.7 Å². The zero-order chi connectivity index (χ0) is 13.1. The summed E-state index contributed by atoms with van der Waals surface area (Å²) in [7, 11) is 0. The van der Waals surface area contributed by atoms with E-state index in [0.717, 1.165) is 45.6 Å². The number of rotatable bonds is 5. The van der Waals surface area contributed by atoms with Crippen LogP contribution in [0.2, 0.25) is 0 Å². The molecule has 0 amide bonds. The van der Waals surface area contributed by atoms with Gasteiger partial charge in [-0.3, -0.25) is 14.6 Å². The molecule has 2 fully saturated rings. The number of hydrogen-bond acceptors (Lipinski definition) is 3. The van der Waals surface area contributed by atoms with Gasteiger partial charge in [0.2, 0.25) is 0 Å². The lowest BCUT2D eigenvalue weighted by Crippen LogP contribution is -2.47. The van der Waals surface area contributed by atoms with Gasteiger partial charge in [0, 0.05) is 38.6 Å². The average molecular weight is 258 g/mol. The van der Waals surface area contributed by atoms with E-state index in [2.05, 4.69) is 40.1 Å². The first-order valence-electron chi connectivity index (χ1n) is 7.32. The summed E-state index contributed by atoms with van der Waals surface area (Å²) in [6.07, 6.45) is 2.26. The number of Topliss-reactive ketones (excluding diaryl/α,β-unsaturated/α-hetero) is 1. The van der Waals surface area contributed by atoms with Crippen molar-refractivity contribution >= 4 is 5.78 Å². The van der Waals surface area contributed by atoms with Crippen molar-refractivity contribution in [1.82, 2.24) is 9.80 Å². The Kier molecular flexibility index (Phi) is 3.95. The van der Waals surface area contributed by atoms with E-state index in [-0.39, 0.29) is 0 Å². The van der Waals surface area contributed by atoms with Crippen molar-refractivity contribution < 1.29 is 4.79 Å². The standard InChI is InChI=1S/C16H22N2O/c19-16(15-6-7-15)13-18-10-8-17(9-11-18)12-14-4-2-1-3-5-14/h1-5,15H,6-13H2. The van der Waals surface area contributed by atoms with Crippen molar-refractivity contribution in [2.24, 2.45) is 5.92 Å². The van der Waals surface area contributed by atoms with Crippen LogP contribution in [0.15, 0.2) is 30.3 Å². The quantitative estimate of drug-likeness (QED) is 0.804. The number of piperazine rings is 1. The lowest BCUT2D eigenvalue weighted by atomic mass is 10.2. The smallest absolute Gasteiger partial charge is 0.149 e. The van der Waals surface area contributed by atoms with Gasteiger partial charge in [0.15, 0.2) is 0 Å². The molecule has 3 nitrogen and oxygen atoms in total. The van der Waals surface area contributed by atoms with Gasteiger partial charge in [-0.05, 0) is 18.4 Å². The van der Waals surface area contributed by atoms with E-state index in [4.69, 9.17) is 0 Å². The van der Waals surface area contributed by atoms with Crippen LogP contribution >= 0.6 is 0 Å². The first-order valence-corrected chi connectivity index (χ1v) is 7.32. The van der Waals surface area contributed by atoms with Crippen molar-refractivity contribution in [3.05, 3.63) is 35.9 Å². The molecule has 1 saturated carbocycles. The Morgan fingerprint density at radius 2 is 1.63 bits per heavy atom. The molecule has 3 heteroatoms. The van der Waals surface area contributed by atoms with Crippen molar-refractivity contribution in [3.63, 3.8) is 0 Å². The van der Waals surface area contributed by atoms with Crippen LogP contribution < -0.4 is 0 Å². The van der Waals surface area contributed by atoms with Crippen molar-refractivity contribution in [3.8, 4) is 0 Å². The van der Waals surface area contributed by atoms with Gasteiger partial charge in [0.1, 0.15) is 5.78 Å². The number of hydrogen-bond donors (Lipinski definition) is 0. The second-order valence-electron chi connectivity index (χ2n) is 5.78. The van der Waals surface area contributed by atoms with Crippen molar-refractivity contribution in [1.29, 1.82) is 0 Å². The lowest BCUT2D eigenvalue weighted by molar-refractivity contribution is -0.121. The molecule has 0 N–H and O–H groups in total. The maximum atomic E-state index is 11.8.